The molecule has 0 fully saturated rings. The topological polar surface area (TPSA) is 33.0 Å². The Morgan fingerprint density at radius 3 is 2.94 bits per heavy atom. The van der Waals surface area contributed by atoms with E-state index in [1.54, 1.807) is 0 Å². The van der Waals surface area contributed by atoms with E-state index < -0.39 is 0 Å². The summed E-state index contributed by atoms with van der Waals surface area (Å²) in [6.07, 6.45) is 4.47. The molecular formula is C14H17NO. The van der Waals surface area contributed by atoms with E-state index >= 15 is 0 Å². The van der Waals surface area contributed by atoms with Gasteiger partial charge < -0.3 is 4.74 Å². The number of rotatable bonds is 5. The monoisotopic (exact) mass is 215 g/mol. The number of ether oxygens (including phenoxy) is 1. The minimum Gasteiger partial charge on any atom is -0.488 e. The van der Waals surface area contributed by atoms with Gasteiger partial charge in [0.2, 0.25) is 0 Å². The molecule has 0 radical (unpaired) electrons. The first-order valence-electron chi connectivity index (χ1n) is 6.01. The minimum atomic E-state index is 0.00167. The summed E-state index contributed by atoms with van der Waals surface area (Å²) in [6, 6.07) is 8.53. The fourth-order valence-corrected chi connectivity index (χ4v) is 2.13. The molecule has 2 nitrogen and oxygen atoms in total. The zero-order valence-electron chi connectivity index (χ0n) is 9.70. The van der Waals surface area contributed by atoms with Crippen LogP contribution in [0.15, 0.2) is 18.2 Å². The Hall–Kier alpha value is -1.49. The van der Waals surface area contributed by atoms with Crippen LogP contribution in [0.4, 0.5) is 0 Å². The van der Waals surface area contributed by atoms with Crippen molar-refractivity contribution in [2.75, 3.05) is 0 Å². The number of hydrogen-bond acceptors (Lipinski definition) is 2. The quantitative estimate of drug-likeness (QED) is 0.700. The summed E-state index contributed by atoms with van der Waals surface area (Å²) in [7, 11) is 0. The number of benzene rings is 1. The molecule has 1 aromatic rings. The lowest BCUT2D eigenvalue weighted by atomic mass is 9.91. The van der Waals surface area contributed by atoms with Gasteiger partial charge in [-0.1, -0.05) is 44.4 Å². The van der Waals surface area contributed by atoms with Crippen molar-refractivity contribution < 1.29 is 4.74 Å². The highest BCUT2D eigenvalue weighted by molar-refractivity contribution is 5.49. The third-order valence-corrected chi connectivity index (χ3v) is 3.13. The van der Waals surface area contributed by atoms with Crippen LogP contribution in [-0.2, 0) is 6.61 Å². The molecule has 1 aliphatic heterocycles. The number of nitrogens with zero attached hydrogens (tertiary/aromatic N) is 1. The standard InChI is InChI=1S/C14H17NO/c1-2-3-4-6-11(9-15)13-8-5-7-12-10-16-14(12)13/h5,7-8,11H,2-4,6,10H2,1H3. The molecule has 0 spiro atoms. The molecule has 1 heterocycles. The van der Waals surface area contributed by atoms with Gasteiger partial charge in [0, 0.05) is 11.1 Å². The summed E-state index contributed by atoms with van der Waals surface area (Å²) in [6.45, 7) is 2.88. The molecule has 1 aliphatic rings. The largest absolute Gasteiger partial charge is 0.488 e. The number of para-hydroxylation sites is 1. The highest BCUT2D eigenvalue weighted by atomic mass is 16.5. The summed E-state index contributed by atoms with van der Waals surface area (Å²) in [5.74, 6) is 0.965. The van der Waals surface area contributed by atoms with Crippen LogP contribution >= 0.6 is 0 Å². The summed E-state index contributed by atoms with van der Waals surface area (Å²) in [4.78, 5) is 0. The third kappa shape index (κ3) is 2.04. The number of unbranched alkanes of at least 4 members (excludes halogenated alkanes) is 2. The van der Waals surface area contributed by atoms with E-state index in [2.05, 4.69) is 19.1 Å². The Morgan fingerprint density at radius 1 is 1.44 bits per heavy atom. The van der Waals surface area contributed by atoms with Gasteiger partial charge in [-0.25, -0.2) is 0 Å². The molecule has 0 aromatic heterocycles. The van der Waals surface area contributed by atoms with Crippen molar-refractivity contribution in [2.45, 2.75) is 45.1 Å². The van der Waals surface area contributed by atoms with Gasteiger partial charge in [-0.05, 0) is 6.42 Å². The number of nitriles is 1. The smallest absolute Gasteiger partial charge is 0.130 e. The van der Waals surface area contributed by atoms with Gasteiger partial charge in [-0.15, -0.1) is 0 Å². The molecule has 2 rings (SSSR count). The minimum absolute atomic E-state index is 0.00167. The maximum Gasteiger partial charge on any atom is 0.130 e. The number of fused-ring (bicyclic) bond motifs is 1. The maximum absolute atomic E-state index is 9.21. The first-order valence-corrected chi connectivity index (χ1v) is 6.01. The molecule has 1 unspecified atom stereocenters. The van der Waals surface area contributed by atoms with Gasteiger partial charge in [-0.2, -0.15) is 5.26 Å². The van der Waals surface area contributed by atoms with Crippen LogP contribution in [0.1, 0.15) is 49.7 Å². The van der Waals surface area contributed by atoms with Gasteiger partial charge in [0.1, 0.15) is 12.4 Å². The fraction of sp³-hybridized carbons (Fsp3) is 0.500. The van der Waals surface area contributed by atoms with E-state index in [0.29, 0.717) is 6.61 Å². The number of hydrogen-bond donors (Lipinski definition) is 0. The third-order valence-electron chi connectivity index (χ3n) is 3.13. The van der Waals surface area contributed by atoms with E-state index in [4.69, 9.17) is 4.74 Å². The van der Waals surface area contributed by atoms with Crippen molar-refractivity contribution in [1.82, 2.24) is 0 Å². The lowest BCUT2D eigenvalue weighted by molar-refractivity contribution is 0.238. The SMILES string of the molecule is CCCCCC(C#N)c1cccc2c1OC2. The first-order chi connectivity index (χ1) is 7.86. The molecule has 1 aromatic carbocycles. The van der Waals surface area contributed by atoms with Crippen LogP contribution in [0.25, 0.3) is 0 Å². The van der Waals surface area contributed by atoms with E-state index in [1.165, 1.54) is 18.4 Å². The Morgan fingerprint density at radius 2 is 2.31 bits per heavy atom. The van der Waals surface area contributed by atoms with Crippen LogP contribution in [0.5, 0.6) is 5.75 Å². The molecule has 0 bridgehead atoms. The van der Waals surface area contributed by atoms with Gasteiger partial charge in [0.05, 0.1) is 12.0 Å². The maximum atomic E-state index is 9.21. The molecule has 16 heavy (non-hydrogen) atoms. The normalized spacial score (nSPS) is 14.2. The molecule has 0 saturated heterocycles. The van der Waals surface area contributed by atoms with Crippen LogP contribution < -0.4 is 4.74 Å². The Kier molecular flexibility index (Phi) is 3.46. The predicted octanol–water partition coefficient (Wildman–Crippen LogP) is 3.77. The summed E-state index contributed by atoms with van der Waals surface area (Å²) >= 11 is 0. The summed E-state index contributed by atoms with van der Waals surface area (Å²) in [5, 5.41) is 9.21. The summed E-state index contributed by atoms with van der Waals surface area (Å²) in [5.41, 5.74) is 2.33. The molecule has 0 amide bonds. The predicted molar refractivity (Wildman–Crippen MR) is 63.3 cm³/mol. The molecule has 0 saturated carbocycles. The lowest BCUT2D eigenvalue weighted by Crippen LogP contribution is -2.13. The van der Waals surface area contributed by atoms with Gasteiger partial charge in [0.15, 0.2) is 0 Å². The lowest BCUT2D eigenvalue weighted by Gasteiger charge is -2.25. The Labute approximate surface area is 96.9 Å². The second-order valence-corrected chi connectivity index (χ2v) is 4.30. The van der Waals surface area contributed by atoms with Crippen LogP contribution in [0, 0.1) is 11.3 Å². The van der Waals surface area contributed by atoms with E-state index in [0.717, 1.165) is 24.2 Å². The van der Waals surface area contributed by atoms with Gasteiger partial charge in [-0.3, -0.25) is 0 Å². The van der Waals surface area contributed by atoms with Crippen molar-refractivity contribution in [3.8, 4) is 11.8 Å². The molecular weight excluding hydrogens is 198 g/mol. The molecule has 1 atom stereocenters. The average molecular weight is 215 g/mol. The second kappa shape index (κ2) is 5.03. The zero-order chi connectivity index (χ0) is 11.4. The molecule has 2 heteroatoms. The average Bonchev–Trinajstić information content (AvgIpc) is 2.26. The fourth-order valence-electron chi connectivity index (χ4n) is 2.13. The second-order valence-electron chi connectivity index (χ2n) is 4.30. The van der Waals surface area contributed by atoms with Crippen molar-refractivity contribution in [1.29, 1.82) is 5.26 Å². The van der Waals surface area contributed by atoms with Gasteiger partial charge in [0.25, 0.3) is 0 Å². The van der Waals surface area contributed by atoms with Crippen LogP contribution in [-0.4, -0.2) is 0 Å². The van der Waals surface area contributed by atoms with Gasteiger partial charge >= 0.3 is 0 Å². The van der Waals surface area contributed by atoms with E-state index in [9.17, 15) is 5.26 Å². The van der Waals surface area contributed by atoms with E-state index in [1.807, 2.05) is 12.1 Å². The molecule has 0 N–H and O–H groups in total. The molecule has 0 aliphatic carbocycles. The van der Waals surface area contributed by atoms with Crippen molar-refractivity contribution >= 4 is 0 Å². The van der Waals surface area contributed by atoms with Crippen molar-refractivity contribution in [3.05, 3.63) is 29.3 Å². The van der Waals surface area contributed by atoms with Crippen molar-refractivity contribution in [2.24, 2.45) is 0 Å². The Bertz CT molecular complexity index is 406. The van der Waals surface area contributed by atoms with Crippen LogP contribution in [0.2, 0.25) is 0 Å². The van der Waals surface area contributed by atoms with Crippen LogP contribution in [0.3, 0.4) is 0 Å². The first kappa shape index (κ1) is 11.0. The summed E-state index contributed by atoms with van der Waals surface area (Å²) < 4.78 is 5.45. The highest BCUT2D eigenvalue weighted by Gasteiger charge is 2.23. The highest BCUT2D eigenvalue weighted by Crippen LogP contribution is 2.38. The zero-order valence-corrected chi connectivity index (χ0v) is 9.70. The van der Waals surface area contributed by atoms with Crippen molar-refractivity contribution in [3.63, 3.8) is 0 Å². The van der Waals surface area contributed by atoms with E-state index in [-0.39, 0.29) is 5.92 Å². The molecule has 84 valence electrons. The Balaban J connectivity index is 2.09.